The van der Waals surface area contributed by atoms with E-state index in [1.807, 2.05) is 24.5 Å². The molecule has 0 aliphatic carbocycles. The molecule has 18 heavy (non-hydrogen) atoms. The number of hydrogen-bond donors (Lipinski definition) is 1. The topological polar surface area (TPSA) is 21.3 Å². The molecule has 0 spiro atoms. The lowest BCUT2D eigenvalue weighted by molar-refractivity contribution is 0.219. The molecule has 1 atom stereocenters. The molecule has 1 aliphatic rings. The van der Waals surface area contributed by atoms with Crippen LogP contribution in [0.3, 0.4) is 0 Å². The largest absolute Gasteiger partial charge is 0.501 e. The molecule has 2 rings (SSSR count). The minimum Gasteiger partial charge on any atom is -0.501 e. The molecule has 1 heterocycles. The van der Waals surface area contributed by atoms with Gasteiger partial charge in [-0.1, -0.05) is 36.2 Å². The summed E-state index contributed by atoms with van der Waals surface area (Å²) in [7, 11) is 0. The van der Waals surface area contributed by atoms with E-state index < -0.39 is 0 Å². The molecule has 1 unspecified atom stereocenters. The zero-order valence-corrected chi connectivity index (χ0v) is 11.9. The standard InChI is InChI=1S/C14H17Cl2NO/c1-2-17-14(10-5-4-8-18-9-10)13-11(15)6-3-7-12(13)16/h3,6-7,9,14,17H,2,4-5,8H2,1H3. The van der Waals surface area contributed by atoms with Gasteiger partial charge in [0.05, 0.1) is 18.9 Å². The van der Waals surface area contributed by atoms with E-state index >= 15 is 0 Å². The molecule has 0 saturated carbocycles. The summed E-state index contributed by atoms with van der Waals surface area (Å²) in [5.41, 5.74) is 2.15. The molecular formula is C14H17Cl2NO. The van der Waals surface area contributed by atoms with E-state index in [0.29, 0.717) is 10.0 Å². The lowest BCUT2D eigenvalue weighted by atomic mass is 9.95. The summed E-state index contributed by atoms with van der Waals surface area (Å²) >= 11 is 12.6. The van der Waals surface area contributed by atoms with Crippen molar-refractivity contribution in [3.05, 3.63) is 45.6 Å². The quantitative estimate of drug-likeness (QED) is 0.889. The van der Waals surface area contributed by atoms with E-state index in [4.69, 9.17) is 27.9 Å². The van der Waals surface area contributed by atoms with Crippen LogP contribution in [0.2, 0.25) is 10.0 Å². The summed E-state index contributed by atoms with van der Waals surface area (Å²) < 4.78 is 5.42. The van der Waals surface area contributed by atoms with E-state index in [2.05, 4.69) is 12.2 Å². The third-order valence-corrected chi connectivity index (χ3v) is 3.69. The van der Waals surface area contributed by atoms with Gasteiger partial charge in [0, 0.05) is 15.6 Å². The second kappa shape index (κ2) is 6.46. The Bertz CT molecular complexity index is 425. The average molecular weight is 286 g/mol. The minimum atomic E-state index is 0.0384. The number of ether oxygens (including phenoxy) is 1. The fraction of sp³-hybridized carbons (Fsp3) is 0.429. The number of hydrogen-bond acceptors (Lipinski definition) is 2. The molecular weight excluding hydrogens is 269 g/mol. The Morgan fingerprint density at radius 2 is 2.06 bits per heavy atom. The normalized spacial score (nSPS) is 16.9. The molecule has 1 aliphatic heterocycles. The van der Waals surface area contributed by atoms with Crippen LogP contribution >= 0.6 is 23.2 Å². The van der Waals surface area contributed by atoms with Crippen LogP contribution in [0.1, 0.15) is 31.4 Å². The molecule has 0 radical (unpaired) electrons. The summed E-state index contributed by atoms with van der Waals surface area (Å²) in [5, 5.41) is 4.82. The van der Waals surface area contributed by atoms with Crippen LogP contribution in [0.15, 0.2) is 30.0 Å². The van der Waals surface area contributed by atoms with Crippen LogP contribution < -0.4 is 5.32 Å². The molecule has 0 aromatic heterocycles. The summed E-state index contributed by atoms with van der Waals surface area (Å²) in [5.74, 6) is 0. The van der Waals surface area contributed by atoms with Crippen LogP contribution in [0, 0.1) is 0 Å². The minimum absolute atomic E-state index is 0.0384. The first-order chi connectivity index (χ1) is 8.74. The fourth-order valence-corrected chi connectivity index (χ4v) is 2.82. The lowest BCUT2D eigenvalue weighted by Crippen LogP contribution is -2.25. The first-order valence-electron chi connectivity index (χ1n) is 6.22. The Labute approximate surface area is 118 Å². The predicted octanol–water partition coefficient (Wildman–Crippen LogP) is 4.34. The highest BCUT2D eigenvalue weighted by atomic mass is 35.5. The maximum atomic E-state index is 6.29. The van der Waals surface area contributed by atoms with E-state index in [1.54, 1.807) is 0 Å². The van der Waals surface area contributed by atoms with Crippen LogP contribution in [0.4, 0.5) is 0 Å². The molecule has 0 amide bonds. The Morgan fingerprint density at radius 3 is 2.61 bits per heavy atom. The van der Waals surface area contributed by atoms with Gasteiger partial charge < -0.3 is 10.1 Å². The fourth-order valence-electron chi connectivity index (χ4n) is 2.21. The van der Waals surface area contributed by atoms with Gasteiger partial charge in [-0.3, -0.25) is 0 Å². The van der Waals surface area contributed by atoms with Crippen molar-refractivity contribution in [2.45, 2.75) is 25.8 Å². The summed E-state index contributed by atoms with van der Waals surface area (Å²) in [6, 6.07) is 5.65. The highest BCUT2D eigenvalue weighted by Gasteiger charge is 2.22. The molecule has 1 N–H and O–H groups in total. The van der Waals surface area contributed by atoms with Gasteiger partial charge in [-0.25, -0.2) is 0 Å². The molecule has 0 saturated heterocycles. The predicted molar refractivity (Wildman–Crippen MR) is 76.1 cm³/mol. The van der Waals surface area contributed by atoms with Crippen LogP contribution in [-0.4, -0.2) is 13.2 Å². The SMILES string of the molecule is CCNC(C1=COCCC1)c1c(Cl)cccc1Cl. The molecule has 2 nitrogen and oxygen atoms in total. The maximum absolute atomic E-state index is 6.29. The summed E-state index contributed by atoms with van der Waals surface area (Å²) in [4.78, 5) is 0. The summed E-state index contributed by atoms with van der Waals surface area (Å²) in [6.07, 6.45) is 3.89. The van der Waals surface area contributed by atoms with Gasteiger partial charge in [-0.2, -0.15) is 0 Å². The maximum Gasteiger partial charge on any atom is 0.0876 e. The van der Waals surface area contributed by atoms with Crippen LogP contribution in [-0.2, 0) is 4.74 Å². The first kappa shape index (κ1) is 13.7. The lowest BCUT2D eigenvalue weighted by Gasteiger charge is -2.25. The Morgan fingerprint density at radius 1 is 1.33 bits per heavy atom. The molecule has 1 aromatic rings. The van der Waals surface area contributed by atoms with Gasteiger partial charge in [-0.05, 0) is 37.1 Å². The third kappa shape index (κ3) is 3.00. The van der Waals surface area contributed by atoms with Gasteiger partial charge in [0.1, 0.15) is 0 Å². The smallest absolute Gasteiger partial charge is 0.0876 e. The van der Waals surface area contributed by atoms with Gasteiger partial charge in [0.2, 0.25) is 0 Å². The van der Waals surface area contributed by atoms with Crippen molar-refractivity contribution in [1.29, 1.82) is 0 Å². The van der Waals surface area contributed by atoms with Gasteiger partial charge >= 0.3 is 0 Å². The molecule has 0 fully saturated rings. The van der Waals surface area contributed by atoms with Crippen LogP contribution in [0.25, 0.3) is 0 Å². The van der Waals surface area contributed by atoms with Gasteiger partial charge in [0.15, 0.2) is 0 Å². The van der Waals surface area contributed by atoms with Crippen molar-refractivity contribution in [3.63, 3.8) is 0 Å². The average Bonchev–Trinajstić information content (AvgIpc) is 2.38. The Kier molecular flexibility index (Phi) is 4.93. The summed E-state index contributed by atoms with van der Waals surface area (Å²) in [6.45, 7) is 3.71. The van der Waals surface area contributed by atoms with Crippen molar-refractivity contribution in [1.82, 2.24) is 5.32 Å². The monoisotopic (exact) mass is 285 g/mol. The van der Waals surface area contributed by atoms with Crippen molar-refractivity contribution >= 4 is 23.2 Å². The number of nitrogens with one attached hydrogen (secondary N) is 1. The number of halogens is 2. The zero-order chi connectivity index (χ0) is 13.0. The zero-order valence-electron chi connectivity index (χ0n) is 10.4. The molecule has 98 valence electrons. The van der Waals surface area contributed by atoms with Crippen molar-refractivity contribution in [2.75, 3.05) is 13.2 Å². The molecule has 1 aromatic carbocycles. The van der Waals surface area contributed by atoms with Crippen molar-refractivity contribution in [3.8, 4) is 0 Å². The molecule has 0 bridgehead atoms. The highest BCUT2D eigenvalue weighted by molar-refractivity contribution is 6.36. The van der Waals surface area contributed by atoms with Crippen molar-refractivity contribution in [2.24, 2.45) is 0 Å². The third-order valence-electron chi connectivity index (χ3n) is 3.03. The van der Waals surface area contributed by atoms with Gasteiger partial charge in [-0.15, -0.1) is 0 Å². The van der Waals surface area contributed by atoms with Crippen molar-refractivity contribution < 1.29 is 4.74 Å². The number of benzene rings is 1. The highest BCUT2D eigenvalue weighted by Crippen LogP contribution is 2.36. The number of rotatable bonds is 4. The van der Waals surface area contributed by atoms with E-state index in [1.165, 1.54) is 5.57 Å². The number of likely N-dealkylation sites (N-methyl/N-ethyl adjacent to an activating group) is 1. The second-order valence-corrected chi connectivity index (χ2v) is 5.11. The first-order valence-corrected chi connectivity index (χ1v) is 6.97. The van der Waals surface area contributed by atoms with E-state index in [0.717, 1.165) is 31.6 Å². The molecule has 4 heteroatoms. The van der Waals surface area contributed by atoms with E-state index in [9.17, 15) is 0 Å². The van der Waals surface area contributed by atoms with Crippen LogP contribution in [0.5, 0.6) is 0 Å². The van der Waals surface area contributed by atoms with Gasteiger partial charge in [0.25, 0.3) is 0 Å². The second-order valence-electron chi connectivity index (χ2n) is 4.29. The Balaban J connectivity index is 2.37. The van der Waals surface area contributed by atoms with E-state index in [-0.39, 0.29) is 6.04 Å². The Hall–Kier alpha value is -0.700.